The molecule has 1 N–H and O–H groups in total. The molecule has 0 atom stereocenters. The number of benzene rings is 2. The van der Waals surface area contributed by atoms with Crippen molar-refractivity contribution in [2.45, 2.75) is 25.8 Å². The van der Waals surface area contributed by atoms with Crippen LogP contribution in [0.1, 0.15) is 24.8 Å². The molecule has 1 aliphatic heterocycles. The average molecular weight is 323 g/mol. The lowest BCUT2D eigenvalue weighted by Crippen LogP contribution is -2.31. The fourth-order valence-electron chi connectivity index (χ4n) is 3.06. The van der Waals surface area contributed by atoms with Crippen molar-refractivity contribution in [1.82, 2.24) is 4.90 Å². The summed E-state index contributed by atoms with van der Waals surface area (Å²) in [6.07, 6.45) is 3.87. The second-order valence-corrected chi connectivity index (χ2v) is 6.37. The molecule has 1 aliphatic rings. The van der Waals surface area contributed by atoms with Crippen molar-refractivity contribution in [3.05, 3.63) is 60.2 Å². The van der Waals surface area contributed by atoms with Gasteiger partial charge in [-0.05, 0) is 49.1 Å². The first kappa shape index (κ1) is 16.4. The van der Waals surface area contributed by atoms with Gasteiger partial charge in [0.05, 0.1) is 0 Å². The largest absolute Gasteiger partial charge is 0.372 e. The lowest BCUT2D eigenvalue weighted by Gasteiger charge is -2.29. The molecule has 1 saturated heterocycles. The van der Waals surface area contributed by atoms with Crippen molar-refractivity contribution in [2.24, 2.45) is 0 Å². The quantitative estimate of drug-likeness (QED) is 0.908. The standard InChI is InChI=1S/C20H25N3O/c1-22(16-17-8-4-2-5-9-17)20(24)21-18-10-12-19(13-11-18)23-14-6-3-7-15-23/h2,4-5,8-13H,3,6-7,14-16H2,1H3,(H,21,24). The first-order chi connectivity index (χ1) is 11.7. The lowest BCUT2D eigenvalue weighted by atomic mass is 10.1. The number of carbonyl (C=O) groups excluding carboxylic acids is 1. The molecule has 2 aromatic carbocycles. The van der Waals surface area contributed by atoms with E-state index in [1.807, 2.05) is 49.5 Å². The van der Waals surface area contributed by atoms with Crippen LogP contribution < -0.4 is 10.2 Å². The SMILES string of the molecule is CN(Cc1ccccc1)C(=O)Nc1ccc(N2CCCCC2)cc1. The van der Waals surface area contributed by atoms with Crippen molar-refractivity contribution >= 4 is 17.4 Å². The predicted octanol–water partition coefficient (Wildman–Crippen LogP) is 4.34. The molecule has 1 fully saturated rings. The minimum absolute atomic E-state index is 0.0930. The van der Waals surface area contributed by atoms with Gasteiger partial charge in [0.1, 0.15) is 0 Å². The van der Waals surface area contributed by atoms with Gasteiger partial charge < -0.3 is 15.1 Å². The maximum Gasteiger partial charge on any atom is 0.321 e. The summed E-state index contributed by atoms with van der Waals surface area (Å²) in [5.74, 6) is 0. The Bertz CT molecular complexity index is 648. The van der Waals surface area contributed by atoms with Crippen molar-refractivity contribution in [1.29, 1.82) is 0 Å². The minimum atomic E-state index is -0.0930. The van der Waals surface area contributed by atoms with Gasteiger partial charge in [0.2, 0.25) is 0 Å². The van der Waals surface area contributed by atoms with Gasteiger partial charge >= 0.3 is 6.03 Å². The number of nitrogens with one attached hydrogen (secondary N) is 1. The molecule has 0 radical (unpaired) electrons. The Morgan fingerprint density at radius 2 is 1.67 bits per heavy atom. The van der Waals surface area contributed by atoms with E-state index in [9.17, 15) is 4.79 Å². The summed E-state index contributed by atoms with van der Waals surface area (Å²) in [4.78, 5) is 16.4. The highest BCUT2D eigenvalue weighted by molar-refractivity contribution is 5.89. The van der Waals surface area contributed by atoms with E-state index in [0.29, 0.717) is 6.54 Å². The first-order valence-electron chi connectivity index (χ1n) is 8.63. The van der Waals surface area contributed by atoms with E-state index >= 15 is 0 Å². The smallest absolute Gasteiger partial charge is 0.321 e. The summed E-state index contributed by atoms with van der Waals surface area (Å²) >= 11 is 0. The van der Waals surface area contributed by atoms with E-state index < -0.39 is 0 Å². The third-order valence-electron chi connectivity index (χ3n) is 4.45. The van der Waals surface area contributed by atoms with Gasteiger partial charge in [-0.1, -0.05) is 30.3 Å². The third-order valence-corrected chi connectivity index (χ3v) is 4.45. The number of urea groups is 1. The fraction of sp³-hybridized carbons (Fsp3) is 0.350. The maximum absolute atomic E-state index is 12.3. The Morgan fingerprint density at radius 3 is 2.33 bits per heavy atom. The van der Waals surface area contributed by atoms with Crippen LogP contribution in [0.25, 0.3) is 0 Å². The second kappa shape index (κ2) is 7.86. The Labute approximate surface area is 144 Å². The van der Waals surface area contributed by atoms with E-state index in [0.717, 1.165) is 24.3 Å². The molecule has 0 aliphatic carbocycles. The van der Waals surface area contributed by atoms with Gasteiger partial charge in [0.15, 0.2) is 0 Å². The van der Waals surface area contributed by atoms with E-state index in [4.69, 9.17) is 0 Å². The van der Waals surface area contributed by atoms with Crippen molar-refractivity contribution in [2.75, 3.05) is 30.4 Å². The normalized spacial score (nSPS) is 14.3. The molecule has 3 rings (SSSR count). The van der Waals surface area contributed by atoms with Crippen LogP contribution >= 0.6 is 0 Å². The Hall–Kier alpha value is -2.49. The maximum atomic E-state index is 12.3. The molecule has 1 heterocycles. The number of nitrogens with zero attached hydrogens (tertiary/aromatic N) is 2. The summed E-state index contributed by atoms with van der Waals surface area (Å²) in [7, 11) is 1.81. The highest BCUT2D eigenvalue weighted by atomic mass is 16.2. The van der Waals surface area contributed by atoms with Crippen LogP contribution in [0.2, 0.25) is 0 Å². The molecular formula is C20H25N3O. The molecule has 2 amide bonds. The van der Waals surface area contributed by atoms with Crippen molar-refractivity contribution in [3.63, 3.8) is 0 Å². The van der Waals surface area contributed by atoms with E-state index in [-0.39, 0.29) is 6.03 Å². The molecule has 4 nitrogen and oxygen atoms in total. The van der Waals surface area contributed by atoms with E-state index in [2.05, 4.69) is 22.3 Å². The number of amides is 2. The summed E-state index contributed by atoms with van der Waals surface area (Å²) in [5, 5.41) is 2.96. The van der Waals surface area contributed by atoms with Crippen LogP contribution in [-0.4, -0.2) is 31.1 Å². The molecule has 2 aromatic rings. The predicted molar refractivity (Wildman–Crippen MR) is 99.4 cm³/mol. The second-order valence-electron chi connectivity index (χ2n) is 6.37. The molecule has 24 heavy (non-hydrogen) atoms. The molecule has 126 valence electrons. The molecule has 0 saturated carbocycles. The van der Waals surface area contributed by atoms with Crippen molar-refractivity contribution in [3.8, 4) is 0 Å². The van der Waals surface area contributed by atoms with Gasteiger partial charge in [-0.3, -0.25) is 0 Å². The fourth-order valence-corrected chi connectivity index (χ4v) is 3.06. The van der Waals surface area contributed by atoms with Crippen LogP contribution in [-0.2, 0) is 6.54 Å². The van der Waals surface area contributed by atoms with Gasteiger partial charge in [0, 0.05) is 38.1 Å². The zero-order valence-electron chi connectivity index (χ0n) is 14.2. The number of hydrogen-bond acceptors (Lipinski definition) is 2. The molecular weight excluding hydrogens is 298 g/mol. The Balaban J connectivity index is 1.55. The minimum Gasteiger partial charge on any atom is -0.372 e. The molecule has 0 aromatic heterocycles. The van der Waals surface area contributed by atoms with Crippen molar-refractivity contribution < 1.29 is 4.79 Å². The number of carbonyl (C=O) groups is 1. The highest BCUT2D eigenvalue weighted by Crippen LogP contribution is 2.22. The van der Waals surface area contributed by atoms with Crippen LogP contribution in [0.15, 0.2) is 54.6 Å². The van der Waals surface area contributed by atoms with E-state index in [1.165, 1.54) is 24.9 Å². The zero-order chi connectivity index (χ0) is 16.8. The first-order valence-corrected chi connectivity index (χ1v) is 8.63. The zero-order valence-corrected chi connectivity index (χ0v) is 14.2. The average Bonchev–Trinajstić information content (AvgIpc) is 2.64. The van der Waals surface area contributed by atoms with Crippen LogP contribution in [0.5, 0.6) is 0 Å². The van der Waals surface area contributed by atoms with Crippen LogP contribution in [0.3, 0.4) is 0 Å². The van der Waals surface area contributed by atoms with E-state index in [1.54, 1.807) is 4.90 Å². The van der Waals surface area contributed by atoms with Crippen LogP contribution in [0.4, 0.5) is 16.2 Å². The topological polar surface area (TPSA) is 35.6 Å². The summed E-state index contributed by atoms with van der Waals surface area (Å²) in [6.45, 7) is 2.86. The van der Waals surface area contributed by atoms with Gasteiger partial charge in [-0.15, -0.1) is 0 Å². The number of rotatable bonds is 4. The number of anilines is 2. The lowest BCUT2D eigenvalue weighted by molar-refractivity contribution is 0.220. The Kier molecular flexibility index (Phi) is 5.36. The number of piperidine rings is 1. The Morgan fingerprint density at radius 1 is 1.00 bits per heavy atom. The summed E-state index contributed by atoms with van der Waals surface area (Å²) in [6, 6.07) is 18.1. The molecule has 0 unspecified atom stereocenters. The highest BCUT2D eigenvalue weighted by Gasteiger charge is 2.12. The molecule has 0 bridgehead atoms. The summed E-state index contributed by atoms with van der Waals surface area (Å²) < 4.78 is 0. The van der Waals surface area contributed by atoms with Gasteiger partial charge in [-0.2, -0.15) is 0 Å². The van der Waals surface area contributed by atoms with Gasteiger partial charge in [-0.25, -0.2) is 4.79 Å². The van der Waals surface area contributed by atoms with Gasteiger partial charge in [0.25, 0.3) is 0 Å². The van der Waals surface area contributed by atoms with Crippen LogP contribution in [0, 0.1) is 0 Å². The molecule has 0 spiro atoms. The number of hydrogen-bond donors (Lipinski definition) is 1. The third kappa shape index (κ3) is 4.28. The summed E-state index contributed by atoms with van der Waals surface area (Å²) in [5.41, 5.74) is 3.20. The molecule has 4 heteroatoms. The monoisotopic (exact) mass is 323 g/mol.